The van der Waals surface area contributed by atoms with Gasteiger partial charge in [0.2, 0.25) is 5.91 Å². The molecule has 1 amide bonds. The van der Waals surface area contributed by atoms with E-state index in [1.165, 1.54) is 12.8 Å². The lowest BCUT2D eigenvalue weighted by Gasteiger charge is -2.35. The SMILES string of the molecule is N#Cc1ccc2c(c1)N1CC3CCCC3C1C(=O)N2. The minimum absolute atomic E-state index is 0.0195. The highest BCUT2D eigenvalue weighted by molar-refractivity contribution is 6.04. The summed E-state index contributed by atoms with van der Waals surface area (Å²) in [4.78, 5) is 14.5. The second-order valence-electron chi connectivity index (χ2n) is 5.79. The van der Waals surface area contributed by atoms with Gasteiger partial charge in [0.25, 0.3) is 0 Å². The highest BCUT2D eigenvalue weighted by atomic mass is 16.2. The van der Waals surface area contributed by atoms with Gasteiger partial charge in [-0.25, -0.2) is 0 Å². The molecule has 0 radical (unpaired) electrons. The van der Waals surface area contributed by atoms with Crippen molar-refractivity contribution in [3.8, 4) is 6.07 Å². The van der Waals surface area contributed by atoms with Crippen LogP contribution in [0.4, 0.5) is 11.4 Å². The van der Waals surface area contributed by atoms with E-state index in [2.05, 4.69) is 16.3 Å². The van der Waals surface area contributed by atoms with Crippen molar-refractivity contribution in [2.75, 3.05) is 16.8 Å². The number of rotatable bonds is 0. The molecule has 2 fully saturated rings. The van der Waals surface area contributed by atoms with Crippen molar-refractivity contribution < 1.29 is 4.79 Å². The van der Waals surface area contributed by atoms with Crippen LogP contribution in [-0.4, -0.2) is 18.5 Å². The summed E-state index contributed by atoms with van der Waals surface area (Å²) in [6, 6.07) is 7.67. The molecule has 0 spiro atoms. The van der Waals surface area contributed by atoms with Gasteiger partial charge in [0, 0.05) is 6.54 Å². The zero-order chi connectivity index (χ0) is 13.0. The molecule has 4 nitrogen and oxygen atoms in total. The van der Waals surface area contributed by atoms with E-state index < -0.39 is 0 Å². The van der Waals surface area contributed by atoms with E-state index in [-0.39, 0.29) is 11.9 Å². The number of amides is 1. The number of hydrogen-bond acceptors (Lipinski definition) is 3. The number of anilines is 2. The number of fused-ring (bicyclic) bond motifs is 5. The number of carbonyl (C=O) groups excluding carboxylic acids is 1. The van der Waals surface area contributed by atoms with Crippen LogP contribution >= 0.6 is 0 Å². The van der Waals surface area contributed by atoms with Gasteiger partial charge in [0.05, 0.1) is 23.0 Å². The van der Waals surface area contributed by atoms with Gasteiger partial charge in [-0.1, -0.05) is 6.42 Å². The van der Waals surface area contributed by atoms with Gasteiger partial charge in [-0.05, 0) is 42.9 Å². The first-order valence-corrected chi connectivity index (χ1v) is 6.89. The fourth-order valence-corrected chi connectivity index (χ4v) is 4.04. The van der Waals surface area contributed by atoms with Crippen LogP contribution in [0.25, 0.3) is 0 Å². The molecular weight excluding hydrogens is 238 g/mol. The smallest absolute Gasteiger partial charge is 0.247 e. The van der Waals surface area contributed by atoms with Crippen LogP contribution < -0.4 is 10.2 Å². The van der Waals surface area contributed by atoms with Gasteiger partial charge in [0.15, 0.2) is 0 Å². The predicted octanol–water partition coefficient (Wildman–Crippen LogP) is 2.12. The molecule has 4 heteroatoms. The summed E-state index contributed by atoms with van der Waals surface area (Å²) in [7, 11) is 0. The monoisotopic (exact) mass is 253 g/mol. The molecule has 1 aromatic carbocycles. The normalized spacial score (nSPS) is 31.2. The van der Waals surface area contributed by atoms with E-state index in [1.807, 2.05) is 12.1 Å². The van der Waals surface area contributed by atoms with E-state index in [0.717, 1.165) is 24.3 Å². The Hall–Kier alpha value is -2.02. The van der Waals surface area contributed by atoms with Crippen LogP contribution in [0, 0.1) is 23.2 Å². The molecule has 19 heavy (non-hydrogen) atoms. The van der Waals surface area contributed by atoms with E-state index in [4.69, 9.17) is 5.26 Å². The fourth-order valence-electron chi connectivity index (χ4n) is 4.04. The Balaban J connectivity index is 1.81. The first kappa shape index (κ1) is 10.9. The van der Waals surface area contributed by atoms with E-state index >= 15 is 0 Å². The maximum Gasteiger partial charge on any atom is 0.247 e. The molecule has 3 unspecified atom stereocenters. The molecule has 1 aromatic rings. The second-order valence-corrected chi connectivity index (χ2v) is 5.79. The molecule has 2 aliphatic heterocycles. The first-order valence-electron chi connectivity index (χ1n) is 6.89. The second kappa shape index (κ2) is 3.74. The summed E-state index contributed by atoms with van der Waals surface area (Å²) in [6.07, 6.45) is 3.64. The number of hydrogen-bond donors (Lipinski definition) is 1. The molecule has 96 valence electrons. The number of carbonyl (C=O) groups is 1. The third-order valence-electron chi connectivity index (χ3n) is 4.85. The molecule has 1 aliphatic carbocycles. The van der Waals surface area contributed by atoms with Crippen LogP contribution in [0.1, 0.15) is 24.8 Å². The number of nitrogens with one attached hydrogen (secondary N) is 1. The van der Waals surface area contributed by atoms with Gasteiger partial charge in [-0.2, -0.15) is 5.26 Å². The van der Waals surface area contributed by atoms with Gasteiger partial charge >= 0.3 is 0 Å². The Labute approximate surface area is 112 Å². The minimum Gasteiger partial charge on any atom is -0.357 e. The highest BCUT2D eigenvalue weighted by Crippen LogP contribution is 2.47. The van der Waals surface area contributed by atoms with Gasteiger partial charge in [-0.3, -0.25) is 4.79 Å². The lowest BCUT2D eigenvalue weighted by Crippen LogP contribution is -2.46. The maximum atomic E-state index is 12.3. The molecule has 0 aromatic heterocycles. The molecular formula is C15H15N3O. The molecule has 1 saturated heterocycles. The quantitative estimate of drug-likeness (QED) is 0.770. The van der Waals surface area contributed by atoms with Crippen molar-refractivity contribution in [3.63, 3.8) is 0 Å². The van der Waals surface area contributed by atoms with Crippen LogP contribution in [0.15, 0.2) is 18.2 Å². The lowest BCUT2D eigenvalue weighted by atomic mass is 9.92. The summed E-state index contributed by atoms with van der Waals surface area (Å²) in [5, 5.41) is 12.0. The summed E-state index contributed by atoms with van der Waals surface area (Å²) >= 11 is 0. The number of nitriles is 1. The highest BCUT2D eigenvalue weighted by Gasteiger charge is 2.49. The van der Waals surface area contributed by atoms with Crippen molar-refractivity contribution in [2.24, 2.45) is 11.8 Å². The zero-order valence-corrected chi connectivity index (χ0v) is 10.6. The third kappa shape index (κ3) is 1.42. The van der Waals surface area contributed by atoms with Crippen molar-refractivity contribution in [3.05, 3.63) is 23.8 Å². The average molecular weight is 253 g/mol. The van der Waals surface area contributed by atoms with Crippen molar-refractivity contribution in [1.82, 2.24) is 0 Å². The summed E-state index contributed by atoms with van der Waals surface area (Å²) in [5.41, 5.74) is 2.53. The Morgan fingerprint density at radius 1 is 1.37 bits per heavy atom. The maximum absolute atomic E-state index is 12.3. The molecule has 2 heterocycles. The largest absolute Gasteiger partial charge is 0.357 e. The summed E-state index contributed by atoms with van der Waals surface area (Å²) < 4.78 is 0. The Morgan fingerprint density at radius 3 is 3.11 bits per heavy atom. The summed E-state index contributed by atoms with van der Waals surface area (Å²) in [5.74, 6) is 1.28. The topological polar surface area (TPSA) is 56.1 Å². The third-order valence-corrected chi connectivity index (χ3v) is 4.85. The fraction of sp³-hybridized carbons (Fsp3) is 0.467. The van der Waals surface area contributed by atoms with Crippen molar-refractivity contribution in [2.45, 2.75) is 25.3 Å². The van der Waals surface area contributed by atoms with Gasteiger partial charge in [-0.15, -0.1) is 0 Å². The van der Waals surface area contributed by atoms with Crippen LogP contribution in [0.3, 0.4) is 0 Å². The number of benzene rings is 1. The Morgan fingerprint density at radius 2 is 2.26 bits per heavy atom. The molecule has 1 N–H and O–H groups in total. The molecule has 3 aliphatic rings. The van der Waals surface area contributed by atoms with Crippen LogP contribution in [0.5, 0.6) is 0 Å². The molecule has 0 bridgehead atoms. The molecule has 1 saturated carbocycles. The standard InChI is InChI=1S/C15H15N3O/c16-7-9-4-5-12-13(6-9)18-8-10-2-1-3-11(10)14(18)15(19)17-12/h4-6,10-11,14H,1-3,8H2,(H,17,19). The average Bonchev–Trinajstić information content (AvgIpc) is 2.98. The van der Waals surface area contributed by atoms with Crippen molar-refractivity contribution >= 4 is 17.3 Å². The first-order chi connectivity index (χ1) is 9.28. The van der Waals surface area contributed by atoms with Crippen molar-refractivity contribution in [1.29, 1.82) is 5.26 Å². The Bertz CT molecular complexity index is 604. The van der Waals surface area contributed by atoms with E-state index in [0.29, 0.717) is 17.4 Å². The molecule has 3 atom stereocenters. The van der Waals surface area contributed by atoms with Gasteiger partial charge in [0.1, 0.15) is 6.04 Å². The van der Waals surface area contributed by atoms with Crippen LogP contribution in [0.2, 0.25) is 0 Å². The predicted molar refractivity (Wildman–Crippen MR) is 71.8 cm³/mol. The zero-order valence-electron chi connectivity index (χ0n) is 10.6. The van der Waals surface area contributed by atoms with Gasteiger partial charge < -0.3 is 10.2 Å². The van der Waals surface area contributed by atoms with E-state index in [9.17, 15) is 4.79 Å². The number of nitrogens with zero attached hydrogens (tertiary/aromatic N) is 2. The van der Waals surface area contributed by atoms with E-state index in [1.54, 1.807) is 6.07 Å². The Kier molecular flexibility index (Phi) is 2.14. The minimum atomic E-state index is -0.0195. The molecule has 4 rings (SSSR count). The van der Waals surface area contributed by atoms with Crippen LogP contribution in [-0.2, 0) is 4.79 Å². The lowest BCUT2D eigenvalue weighted by molar-refractivity contribution is -0.118. The summed E-state index contributed by atoms with van der Waals surface area (Å²) in [6.45, 7) is 0.963.